The lowest BCUT2D eigenvalue weighted by Gasteiger charge is -2.22. The van der Waals surface area contributed by atoms with Crippen molar-refractivity contribution in [2.75, 3.05) is 26.7 Å². The predicted octanol–water partition coefficient (Wildman–Crippen LogP) is 1.86. The van der Waals surface area contributed by atoms with Gasteiger partial charge in [-0.05, 0) is 62.0 Å². The third kappa shape index (κ3) is 4.75. The molecular weight excluding hydrogens is 406 g/mol. The van der Waals surface area contributed by atoms with Crippen LogP contribution in [-0.4, -0.2) is 48.0 Å². The van der Waals surface area contributed by atoms with Crippen molar-refractivity contribution in [3.8, 4) is 0 Å². The molecule has 0 atom stereocenters. The maximum Gasteiger partial charge on any atom is 0.263 e. The van der Waals surface area contributed by atoms with Gasteiger partial charge in [0, 0.05) is 36.9 Å². The summed E-state index contributed by atoms with van der Waals surface area (Å²) in [6, 6.07) is 9.15. The van der Waals surface area contributed by atoms with Crippen LogP contribution in [0.25, 0.3) is 10.9 Å². The first-order chi connectivity index (χ1) is 15.6. The van der Waals surface area contributed by atoms with E-state index in [4.69, 9.17) is 0 Å². The van der Waals surface area contributed by atoms with Crippen LogP contribution in [-0.2, 0) is 6.54 Å². The first kappa shape index (κ1) is 21.8. The van der Waals surface area contributed by atoms with E-state index < -0.39 is 11.5 Å². The second-order valence-electron chi connectivity index (χ2n) is 8.25. The van der Waals surface area contributed by atoms with Crippen LogP contribution < -0.4 is 21.5 Å². The van der Waals surface area contributed by atoms with E-state index in [0.29, 0.717) is 18.0 Å². The first-order valence-electron chi connectivity index (χ1n) is 11.1. The normalized spacial score (nSPS) is 14.4. The average molecular weight is 436 g/mol. The van der Waals surface area contributed by atoms with Gasteiger partial charge in [0.1, 0.15) is 5.56 Å². The van der Waals surface area contributed by atoms with Crippen LogP contribution in [0.4, 0.5) is 0 Å². The summed E-state index contributed by atoms with van der Waals surface area (Å²) in [5, 5.41) is 9.79. The highest BCUT2D eigenvalue weighted by molar-refractivity contribution is 5.99. The Morgan fingerprint density at radius 3 is 2.75 bits per heavy atom. The molecule has 0 radical (unpaired) electrons. The van der Waals surface area contributed by atoms with E-state index in [-0.39, 0.29) is 18.0 Å². The van der Waals surface area contributed by atoms with E-state index in [0.717, 1.165) is 48.8 Å². The third-order valence-corrected chi connectivity index (χ3v) is 6.14. The topological polar surface area (TPSA) is 108 Å². The highest BCUT2D eigenvalue weighted by Gasteiger charge is 2.18. The van der Waals surface area contributed by atoms with Crippen molar-refractivity contribution < 1.29 is 9.59 Å². The number of benzene rings is 1. The molecule has 0 spiro atoms. The molecule has 2 amide bonds. The average Bonchev–Trinajstić information content (AvgIpc) is 3.30. The Morgan fingerprint density at radius 2 is 1.97 bits per heavy atom. The molecule has 0 unspecified atom stereocenters. The molecule has 3 heterocycles. The molecule has 0 aliphatic carbocycles. The summed E-state index contributed by atoms with van der Waals surface area (Å²) in [6.07, 6.45) is 6.54. The number of hydrogen-bond acceptors (Lipinski definition) is 4. The van der Waals surface area contributed by atoms with Crippen molar-refractivity contribution in [1.82, 2.24) is 25.5 Å². The van der Waals surface area contributed by atoms with Gasteiger partial charge in [0.25, 0.3) is 17.4 Å². The summed E-state index contributed by atoms with van der Waals surface area (Å²) in [6.45, 7) is 2.87. The zero-order valence-corrected chi connectivity index (χ0v) is 18.2. The lowest BCUT2D eigenvalue weighted by atomic mass is 9.95. The molecule has 0 saturated carbocycles. The van der Waals surface area contributed by atoms with E-state index in [1.807, 2.05) is 30.5 Å². The van der Waals surface area contributed by atoms with Crippen molar-refractivity contribution >= 4 is 22.7 Å². The van der Waals surface area contributed by atoms with Crippen LogP contribution in [0.5, 0.6) is 0 Å². The number of hydrogen-bond donors (Lipinski definition) is 4. The molecule has 1 aromatic carbocycles. The lowest BCUT2D eigenvalue weighted by Crippen LogP contribution is -2.35. The van der Waals surface area contributed by atoms with E-state index >= 15 is 0 Å². The first-order valence-corrected chi connectivity index (χ1v) is 11.1. The minimum atomic E-state index is -0.507. The number of amides is 2. The number of aromatic amines is 1. The predicted molar refractivity (Wildman–Crippen MR) is 124 cm³/mol. The van der Waals surface area contributed by atoms with Crippen molar-refractivity contribution in [1.29, 1.82) is 0 Å². The number of carbonyl (C=O) groups excluding carboxylic acids is 2. The van der Waals surface area contributed by atoms with Crippen LogP contribution in [0.3, 0.4) is 0 Å². The maximum absolute atomic E-state index is 13.0. The van der Waals surface area contributed by atoms with Gasteiger partial charge >= 0.3 is 0 Å². The molecule has 32 heavy (non-hydrogen) atoms. The summed E-state index contributed by atoms with van der Waals surface area (Å²) in [5.41, 5.74) is 1.73. The number of nitrogens with zero attached hydrogens (tertiary/aromatic N) is 1. The highest BCUT2D eigenvalue weighted by atomic mass is 16.2. The second kappa shape index (κ2) is 9.82. The van der Waals surface area contributed by atoms with Gasteiger partial charge in [-0.25, -0.2) is 0 Å². The molecule has 4 N–H and O–H groups in total. The Hall–Kier alpha value is -3.39. The van der Waals surface area contributed by atoms with Gasteiger partial charge in [0.05, 0.1) is 12.1 Å². The Balaban J connectivity index is 1.58. The SMILES string of the molecule is CNC(=O)c1cc(C(=O)NCCC2CCNCC2)cn(Cc2cccc3[nH]ccc23)c1=O. The molecule has 8 nitrogen and oxygen atoms in total. The van der Waals surface area contributed by atoms with Crippen LogP contribution in [0.15, 0.2) is 47.5 Å². The van der Waals surface area contributed by atoms with E-state index in [1.54, 1.807) is 6.20 Å². The van der Waals surface area contributed by atoms with Gasteiger partial charge in [-0.3, -0.25) is 14.4 Å². The zero-order chi connectivity index (χ0) is 22.5. The number of piperidine rings is 1. The molecule has 2 aromatic heterocycles. The van der Waals surface area contributed by atoms with Gasteiger partial charge in [0.15, 0.2) is 0 Å². The van der Waals surface area contributed by atoms with Crippen molar-refractivity contribution in [2.24, 2.45) is 5.92 Å². The van der Waals surface area contributed by atoms with Gasteiger partial charge in [-0.15, -0.1) is 0 Å². The number of carbonyl (C=O) groups is 2. The van der Waals surface area contributed by atoms with E-state index in [1.165, 1.54) is 17.7 Å². The summed E-state index contributed by atoms with van der Waals surface area (Å²) in [5.74, 6) is -0.181. The summed E-state index contributed by atoms with van der Waals surface area (Å²) >= 11 is 0. The van der Waals surface area contributed by atoms with E-state index in [9.17, 15) is 14.4 Å². The fourth-order valence-corrected chi connectivity index (χ4v) is 4.31. The molecular formula is C24H29N5O3. The van der Waals surface area contributed by atoms with Crippen LogP contribution in [0.1, 0.15) is 45.5 Å². The molecule has 1 fully saturated rings. The molecule has 8 heteroatoms. The lowest BCUT2D eigenvalue weighted by molar-refractivity contribution is 0.0949. The Labute approximate surface area is 186 Å². The Kier molecular flexibility index (Phi) is 6.70. The highest BCUT2D eigenvalue weighted by Crippen LogP contribution is 2.18. The Morgan fingerprint density at radius 1 is 1.16 bits per heavy atom. The molecule has 1 aliphatic rings. The van der Waals surface area contributed by atoms with Crippen molar-refractivity contribution in [2.45, 2.75) is 25.8 Å². The van der Waals surface area contributed by atoms with Crippen LogP contribution >= 0.6 is 0 Å². The van der Waals surface area contributed by atoms with Crippen molar-refractivity contribution in [3.63, 3.8) is 0 Å². The number of nitrogens with one attached hydrogen (secondary N) is 4. The van der Waals surface area contributed by atoms with Gasteiger partial charge in [-0.2, -0.15) is 0 Å². The maximum atomic E-state index is 13.0. The summed E-state index contributed by atoms with van der Waals surface area (Å²) < 4.78 is 1.44. The molecule has 1 aliphatic heterocycles. The third-order valence-electron chi connectivity index (χ3n) is 6.14. The number of aromatic nitrogens is 2. The monoisotopic (exact) mass is 435 g/mol. The minimum Gasteiger partial charge on any atom is -0.361 e. The number of fused-ring (bicyclic) bond motifs is 1. The second-order valence-corrected chi connectivity index (χ2v) is 8.25. The summed E-state index contributed by atoms with van der Waals surface area (Å²) in [7, 11) is 1.47. The van der Waals surface area contributed by atoms with Gasteiger partial charge in [-0.1, -0.05) is 12.1 Å². The largest absolute Gasteiger partial charge is 0.361 e. The molecule has 3 aromatic rings. The van der Waals surface area contributed by atoms with Gasteiger partial charge < -0.3 is 25.5 Å². The fourth-order valence-electron chi connectivity index (χ4n) is 4.31. The quantitative estimate of drug-likeness (QED) is 0.454. The van der Waals surface area contributed by atoms with Crippen molar-refractivity contribution in [3.05, 3.63) is 69.8 Å². The van der Waals surface area contributed by atoms with Crippen LogP contribution in [0, 0.1) is 5.92 Å². The molecule has 1 saturated heterocycles. The zero-order valence-electron chi connectivity index (χ0n) is 18.2. The summed E-state index contributed by atoms with van der Waals surface area (Å²) in [4.78, 5) is 41.4. The van der Waals surface area contributed by atoms with E-state index in [2.05, 4.69) is 20.9 Å². The smallest absolute Gasteiger partial charge is 0.263 e. The van der Waals surface area contributed by atoms with Crippen LogP contribution in [0.2, 0.25) is 0 Å². The Bertz CT molecular complexity index is 1170. The molecule has 4 rings (SSSR count). The number of H-pyrrole nitrogens is 1. The molecule has 168 valence electrons. The minimum absolute atomic E-state index is 0.0419. The molecule has 0 bridgehead atoms. The fraction of sp³-hybridized carbons (Fsp3) is 0.375. The van der Waals surface area contributed by atoms with Gasteiger partial charge in [0.2, 0.25) is 0 Å². The number of pyridine rings is 1. The standard InChI is InChI=1S/C24H29N5O3/c1-25-23(31)20-13-18(22(30)28-11-7-16-5-9-26-10-6-16)15-29(24(20)32)14-17-3-2-4-21-19(17)8-12-27-21/h2-4,8,12-13,15-16,26-27H,5-7,9-11,14H2,1H3,(H,25,31)(H,28,30). The number of rotatable bonds is 7.